The van der Waals surface area contributed by atoms with Crippen LogP contribution >= 0.6 is 11.3 Å². The standard InChI is InChI=1S/C24H29N3O2S/c1-16-13-17(2)15-20(14-16)23(28)27(8-7-26-9-11-29-12-10-26)24-25-21-18(3)5-6-19(4)22(21)30-24/h5-6,13-15H,7-12H2,1-4H3. The number of ether oxygens (including phenoxy) is 1. The molecule has 0 unspecified atom stereocenters. The first-order chi connectivity index (χ1) is 14.4. The van der Waals surface area contributed by atoms with Crippen LogP contribution in [0.4, 0.5) is 5.13 Å². The third-order valence-corrected chi connectivity index (χ3v) is 6.83. The SMILES string of the molecule is Cc1cc(C)cc(C(=O)N(CCN2CCOCC2)c2nc3c(C)ccc(C)c3s2)c1. The molecular formula is C24H29N3O2S. The van der Waals surface area contributed by atoms with E-state index in [-0.39, 0.29) is 5.91 Å². The predicted octanol–water partition coefficient (Wildman–Crippen LogP) is 4.51. The van der Waals surface area contributed by atoms with E-state index in [4.69, 9.17) is 9.72 Å². The van der Waals surface area contributed by atoms with Crippen LogP contribution in [-0.2, 0) is 4.74 Å². The summed E-state index contributed by atoms with van der Waals surface area (Å²) >= 11 is 1.61. The first-order valence-electron chi connectivity index (χ1n) is 10.5. The van der Waals surface area contributed by atoms with Gasteiger partial charge in [-0.25, -0.2) is 4.98 Å². The van der Waals surface area contributed by atoms with Crippen molar-refractivity contribution in [1.29, 1.82) is 0 Å². The number of morpholine rings is 1. The molecule has 0 N–H and O–H groups in total. The van der Waals surface area contributed by atoms with Gasteiger partial charge in [0.05, 0.1) is 23.4 Å². The van der Waals surface area contributed by atoms with Gasteiger partial charge in [0.1, 0.15) is 0 Å². The number of aryl methyl sites for hydroxylation is 4. The van der Waals surface area contributed by atoms with Crippen LogP contribution in [0.3, 0.4) is 0 Å². The Morgan fingerprint density at radius 1 is 1.07 bits per heavy atom. The fourth-order valence-electron chi connectivity index (χ4n) is 3.97. The molecular weight excluding hydrogens is 394 g/mol. The van der Waals surface area contributed by atoms with Crippen molar-refractivity contribution in [2.45, 2.75) is 27.7 Å². The lowest BCUT2D eigenvalue weighted by atomic mass is 10.1. The second-order valence-electron chi connectivity index (χ2n) is 8.16. The summed E-state index contributed by atoms with van der Waals surface area (Å²) in [6.45, 7) is 13.0. The number of carbonyl (C=O) groups is 1. The first kappa shape index (κ1) is 21.0. The number of anilines is 1. The van der Waals surface area contributed by atoms with Crippen LogP contribution in [0.2, 0.25) is 0 Å². The number of rotatable bonds is 5. The van der Waals surface area contributed by atoms with E-state index in [0.29, 0.717) is 6.54 Å². The van der Waals surface area contributed by atoms with E-state index in [1.165, 1.54) is 5.56 Å². The van der Waals surface area contributed by atoms with Gasteiger partial charge in [0, 0.05) is 31.7 Å². The highest BCUT2D eigenvalue weighted by Crippen LogP contribution is 2.33. The average Bonchev–Trinajstić information content (AvgIpc) is 3.17. The Morgan fingerprint density at radius 3 is 2.40 bits per heavy atom. The highest BCUT2D eigenvalue weighted by Gasteiger charge is 2.24. The third-order valence-electron chi connectivity index (χ3n) is 5.62. The Hall–Kier alpha value is -2.28. The molecule has 2 heterocycles. The Labute approximate surface area is 182 Å². The molecule has 0 aliphatic carbocycles. The van der Waals surface area contributed by atoms with E-state index < -0.39 is 0 Å². The van der Waals surface area contributed by atoms with E-state index in [0.717, 1.165) is 70.5 Å². The zero-order valence-corrected chi connectivity index (χ0v) is 19.0. The Bertz CT molecular complexity index is 1010. The topological polar surface area (TPSA) is 45.7 Å². The summed E-state index contributed by atoms with van der Waals surface area (Å²) in [6, 6.07) is 10.3. The van der Waals surface area contributed by atoms with Gasteiger partial charge in [-0.3, -0.25) is 14.6 Å². The van der Waals surface area contributed by atoms with Crippen molar-refractivity contribution in [1.82, 2.24) is 9.88 Å². The predicted molar refractivity (Wildman–Crippen MR) is 124 cm³/mol. The molecule has 0 atom stereocenters. The molecule has 1 amide bonds. The number of benzene rings is 2. The highest BCUT2D eigenvalue weighted by molar-refractivity contribution is 7.22. The summed E-state index contributed by atoms with van der Waals surface area (Å²) in [7, 11) is 0. The van der Waals surface area contributed by atoms with Crippen LogP contribution < -0.4 is 4.90 Å². The van der Waals surface area contributed by atoms with E-state index in [1.807, 2.05) is 30.9 Å². The second-order valence-corrected chi connectivity index (χ2v) is 9.14. The zero-order chi connectivity index (χ0) is 21.3. The molecule has 158 valence electrons. The maximum Gasteiger partial charge on any atom is 0.260 e. The molecule has 30 heavy (non-hydrogen) atoms. The maximum absolute atomic E-state index is 13.6. The van der Waals surface area contributed by atoms with Gasteiger partial charge in [0.2, 0.25) is 0 Å². The van der Waals surface area contributed by atoms with Gasteiger partial charge >= 0.3 is 0 Å². The molecule has 4 rings (SSSR count). The van der Waals surface area contributed by atoms with Crippen LogP contribution in [0.25, 0.3) is 10.2 Å². The number of carbonyl (C=O) groups excluding carboxylic acids is 1. The number of hydrogen-bond acceptors (Lipinski definition) is 5. The van der Waals surface area contributed by atoms with Crippen molar-refractivity contribution in [3.8, 4) is 0 Å². The summed E-state index contributed by atoms with van der Waals surface area (Å²) in [5.41, 5.74) is 6.27. The van der Waals surface area contributed by atoms with E-state index in [1.54, 1.807) is 11.3 Å². The van der Waals surface area contributed by atoms with Gasteiger partial charge in [0.15, 0.2) is 5.13 Å². The Balaban J connectivity index is 1.70. The molecule has 1 aromatic heterocycles. The smallest absolute Gasteiger partial charge is 0.260 e. The van der Waals surface area contributed by atoms with Gasteiger partial charge in [-0.1, -0.05) is 40.7 Å². The van der Waals surface area contributed by atoms with Crippen LogP contribution in [-0.4, -0.2) is 55.2 Å². The lowest BCUT2D eigenvalue weighted by Gasteiger charge is -2.29. The van der Waals surface area contributed by atoms with Crippen molar-refractivity contribution in [3.05, 3.63) is 58.1 Å². The van der Waals surface area contributed by atoms with Crippen molar-refractivity contribution < 1.29 is 9.53 Å². The van der Waals surface area contributed by atoms with Crippen LogP contribution in [0, 0.1) is 27.7 Å². The molecule has 2 aromatic carbocycles. The Kier molecular flexibility index (Phi) is 6.18. The number of nitrogens with zero attached hydrogens (tertiary/aromatic N) is 3. The fourth-order valence-corrected chi connectivity index (χ4v) is 5.10. The van der Waals surface area contributed by atoms with Gasteiger partial charge in [0.25, 0.3) is 5.91 Å². The van der Waals surface area contributed by atoms with Crippen LogP contribution in [0.1, 0.15) is 32.6 Å². The van der Waals surface area contributed by atoms with Gasteiger partial charge in [-0.15, -0.1) is 0 Å². The zero-order valence-electron chi connectivity index (χ0n) is 18.2. The minimum absolute atomic E-state index is 0.0180. The maximum atomic E-state index is 13.6. The van der Waals surface area contributed by atoms with E-state index in [9.17, 15) is 4.79 Å². The minimum Gasteiger partial charge on any atom is -0.379 e. The van der Waals surface area contributed by atoms with E-state index >= 15 is 0 Å². The summed E-state index contributed by atoms with van der Waals surface area (Å²) in [5.74, 6) is 0.0180. The molecule has 0 saturated carbocycles. The monoisotopic (exact) mass is 423 g/mol. The lowest BCUT2D eigenvalue weighted by Crippen LogP contribution is -2.43. The average molecular weight is 424 g/mol. The molecule has 0 radical (unpaired) electrons. The van der Waals surface area contributed by atoms with Gasteiger partial charge in [-0.2, -0.15) is 0 Å². The van der Waals surface area contributed by atoms with E-state index in [2.05, 4.69) is 36.9 Å². The first-order valence-corrected chi connectivity index (χ1v) is 11.3. The number of thiazole rings is 1. The molecule has 0 spiro atoms. The summed E-state index contributed by atoms with van der Waals surface area (Å²) < 4.78 is 6.63. The van der Waals surface area contributed by atoms with Crippen LogP contribution in [0.15, 0.2) is 30.3 Å². The summed E-state index contributed by atoms with van der Waals surface area (Å²) in [5, 5.41) is 0.778. The number of fused-ring (bicyclic) bond motifs is 1. The quantitative estimate of drug-likeness (QED) is 0.606. The molecule has 0 bridgehead atoms. The normalized spacial score (nSPS) is 14.9. The van der Waals surface area contributed by atoms with Gasteiger partial charge in [-0.05, 0) is 51.0 Å². The van der Waals surface area contributed by atoms with Crippen LogP contribution in [0.5, 0.6) is 0 Å². The Morgan fingerprint density at radius 2 is 1.73 bits per heavy atom. The molecule has 1 aliphatic rings. The second kappa shape index (κ2) is 8.84. The molecule has 1 fully saturated rings. The molecule has 1 saturated heterocycles. The minimum atomic E-state index is 0.0180. The molecule has 3 aromatic rings. The van der Waals surface area contributed by atoms with Crippen molar-refractivity contribution >= 4 is 32.6 Å². The number of hydrogen-bond donors (Lipinski definition) is 0. The highest BCUT2D eigenvalue weighted by atomic mass is 32.1. The van der Waals surface area contributed by atoms with Crippen molar-refractivity contribution in [3.63, 3.8) is 0 Å². The third kappa shape index (κ3) is 4.41. The fraction of sp³-hybridized carbons (Fsp3) is 0.417. The number of aromatic nitrogens is 1. The summed E-state index contributed by atoms with van der Waals surface area (Å²) in [6.07, 6.45) is 0. The van der Waals surface area contributed by atoms with Crippen molar-refractivity contribution in [2.75, 3.05) is 44.3 Å². The van der Waals surface area contributed by atoms with Gasteiger partial charge < -0.3 is 4.74 Å². The molecule has 1 aliphatic heterocycles. The molecule has 5 nitrogen and oxygen atoms in total. The number of amides is 1. The van der Waals surface area contributed by atoms with Crippen molar-refractivity contribution in [2.24, 2.45) is 0 Å². The summed E-state index contributed by atoms with van der Waals surface area (Å²) in [4.78, 5) is 22.8. The lowest BCUT2D eigenvalue weighted by molar-refractivity contribution is 0.0391. The molecule has 6 heteroatoms. The largest absolute Gasteiger partial charge is 0.379 e.